The van der Waals surface area contributed by atoms with Crippen LogP contribution in [-0.2, 0) is 0 Å². The Kier molecular flexibility index (Phi) is 4.59. The molecule has 0 radical (unpaired) electrons. The molecule has 1 heteroatoms. The van der Waals surface area contributed by atoms with Crippen molar-refractivity contribution in [1.82, 2.24) is 5.32 Å². The van der Waals surface area contributed by atoms with Crippen molar-refractivity contribution in [2.75, 3.05) is 0 Å². The molecule has 1 saturated carbocycles. The van der Waals surface area contributed by atoms with Crippen molar-refractivity contribution in [3.63, 3.8) is 0 Å². The van der Waals surface area contributed by atoms with E-state index in [1.807, 2.05) is 0 Å². The molecule has 1 aliphatic carbocycles. The van der Waals surface area contributed by atoms with E-state index in [0.717, 1.165) is 5.92 Å². The molecule has 1 fully saturated rings. The molecule has 0 heterocycles. The fourth-order valence-electron chi connectivity index (χ4n) is 3.83. The molecule has 0 aliphatic heterocycles. The van der Waals surface area contributed by atoms with Crippen molar-refractivity contribution in [2.45, 2.75) is 72.9 Å². The van der Waals surface area contributed by atoms with Crippen LogP contribution in [0.15, 0.2) is 18.2 Å². The molecule has 0 amide bonds. The average Bonchev–Trinajstić information content (AvgIpc) is 2.35. The summed E-state index contributed by atoms with van der Waals surface area (Å²) < 4.78 is 0. The van der Waals surface area contributed by atoms with Crippen LogP contribution in [0.1, 0.15) is 69.7 Å². The van der Waals surface area contributed by atoms with E-state index < -0.39 is 0 Å². The van der Waals surface area contributed by atoms with Crippen LogP contribution in [0.25, 0.3) is 0 Å². The third kappa shape index (κ3) is 3.63. The highest BCUT2D eigenvalue weighted by molar-refractivity contribution is 5.32. The topological polar surface area (TPSA) is 12.0 Å². The van der Waals surface area contributed by atoms with Gasteiger partial charge in [0.05, 0.1) is 0 Å². The van der Waals surface area contributed by atoms with Crippen LogP contribution in [0.3, 0.4) is 0 Å². The molecule has 2 rings (SSSR count). The Hall–Kier alpha value is -0.820. The van der Waals surface area contributed by atoms with Crippen molar-refractivity contribution in [3.8, 4) is 0 Å². The fraction of sp³-hybridized carbons (Fsp3) is 0.684. The molecule has 3 unspecified atom stereocenters. The van der Waals surface area contributed by atoms with Crippen molar-refractivity contribution in [3.05, 3.63) is 34.9 Å². The number of rotatable bonds is 3. The Morgan fingerprint density at radius 2 is 1.95 bits per heavy atom. The first-order valence-corrected chi connectivity index (χ1v) is 8.12. The summed E-state index contributed by atoms with van der Waals surface area (Å²) in [4.78, 5) is 0. The number of hydrogen-bond acceptors (Lipinski definition) is 1. The Morgan fingerprint density at radius 1 is 1.25 bits per heavy atom. The summed E-state index contributed by atoms with van der Waals surface area (Å²) in [6.07, 6.45) is 3.99. The highest BCUT2D eigenvalue weighted by atomic mass is 15.0. The molecule has 3 atom stereocenters. The molecule has 1 aliphatic rings. The van der Waals surface area contributed by atoms with E-state index in [4.69, 9.17) is 0 Å². The Labute approximate surface area is 125 Å². The van der Waals surface area contributed by atoms with Gasteiger partial charge in [0, 0.05) is 12.1 Å². The van der Waals surface area contributed by atoms with Gasteiger partial charge in [0.1, 0.15) is 0 Å². The van der Waals surface area contributed by atoms with Gasteiger partial charge in [-0.1, -0.05) is 44.5 Å². The first-order chi connectivity index (χ1) is 9.28. The smallest absolute Gasteiger partial charge is 0.0297 e. The van der Waals surface area contributed by atoms with Crippen LogP contribution in [0.2, 0.25) is 0 Å². The third-order valence-electron chi connectivity index (χ3n) is 5.06. The SMILES string of the molecule is Cc1ccc(C)c(C(C)NC2CCC(C)(C)CC2C)c1. The number of benzene rings is 1. The minimum Gasteiger partial charge on any atom is -0.307 e. The minimum atomic E-state index is 0.448. The first-order valence-electron chi connectivity index (χ1n) is 8.12. The van der Waals surface area contributed by atoms with Crippen LogP contribution in [0.4, 0.5) is 0 Å². The maximum absolute atomic E-state index is 3.89. The van der Waals surface area contributed by atoms with E-state index in [1.165, 1.54) is 36.0 Å². The molecule has 1 aromatic carbocycles. The molecule has 1 nitrogen and oxygen atoms in total. The molecule has 0 aromatic heterocycles. The van der Waals surface area contributed by atoms with Crippen LogP contribution in [0, 0.1) is 25.2 Å². The van der Waals surface area contributed by atoms with E-state index in [-0.39, 0.29) is 0 Å². The van der Waals surface area contributed by atoms with Crippen molar-refractivity contribution >= 4 is 0 Å². The lowest BCUT2D eigenvalue weighted by molar-refractivity contribution is 0.142. The predicted octanol–water partition coefficient (Wildman–Crippen LogP) is 5.17. The summed E-state index contributed by atoms with van der Waals surface area (Å²) in [7, 11) is 0. The Balaban J connectivity index is 2.04. The van der Waals surface area contributed by atoms with Gasteiger partial charge in [0.25, 0.3) is 0 Å². The average molecular weight is 273 g/mol. The first kappa shape index (κ1) is 15.6. The quantitative estimate of drug-likeness (QED) is 0.801. The number of aryl methyl sites for hydroxylation is 2. The van der Waals surface area contributed by atoms with Gasteiger partial charge in [-0.25, -0.2) is 0 Å². The number of nitrogens with one attached hydrogen (secondary N) is 1. The van der Waals surface area contributed by atoms with Gasteiger partial charge >= 0.3 is 0 Å². The Morgan fingerprint density at radius 3 is 2.60 bits per heavy atom. The van der Waals surface area contributed by atoms with Crippen LogP contribution in [-0.4, -0.2) is 6.04 Å². The predicted molar refractivity (Wildman–Crippen MR) is 88.1 cm³/mol. The summed E-state index contributed by atoms with van der Waals surface area (Å²) in [6, 6.07) is 7.90. The zero-order valence-electron chi connectivity index (χ0n) is 14.1. The Bertz CT molecular complexity index is 461. The summed E-state index contributed by atoms with van der Waals surface area (Å²) in [5, 5.41) is 3.89. The zero-order valence-corrected chi connectivity index (χ0v) is 14.1. The molecule has 112 valence electrons. The van der Waals surface area contributed by atoms with Crippen molar-refractivity contribution in [2.24, 2.45) is 11.3 Å². The van der Waals surface area contributed by atoms with Gasteiger partial charge in [-0.2, -0.15) is 0 Å². The molecule has 0 spiro atoms. The molecule has 1 N–H and O–H groups in total. The second-order valence-corrected chi connectivity index (χ2v) is 7.74. The standard InChI is InChI=1S/C19H31N/c1-13-7-8-14(2)17(11-13)16(4)20-18-9-10-19(5,6)12-15(18)3/h7-8,11,15-16,18,20H,9-10,12H2,1-6H3. The molecular formula is C19H31N. The molecule has 20 heavy (non-hydrogen) atoms. The van der Waals surface area contributed by atoms with E-state index >= 15 is 0 Å². The van der Waals surface area contributed by atoms with Crippen LogP contribution >= 0.6 is 0 Å². The lowest BCUT2D eigenvalue weighted by atomic mass is 9.70. The second kappa shape index (κ2) is 5.89. The van der Waals surface area contributed by atoms with Gasteiger partial charge < -0.3 is 5.32 Å². The van der Waals surface area contributed by atoms with Gasteiger partial charge in [0.15, 0.2) is 0 Å². The van der Waals surface area contributed by atoms with E-state index in [1.54, 1.807) is 0 Å². The maximum Gasteiger partial charge on any atom is 0.0297 e. The van der Waals surface area contributed by atoms with Crippen molar-refractivity contribution in [1.29, 1.82) is 0 Å². The monoisotopic (exact) mass is 273 g/mol. The summed E-state index contributed by atoms with van der Waals surface area (Å²) in [5.74, 6) is 0.770. The van der Waals surface area contributed by atoms with Gasteiger partial charge in [-0.15, -0.1) is 0 Å². The second-order valence-electron chi connectivity index (χ2n) is 7.74. The van der Waals surface area contributed by atoms with Gasteiger partial charge in [-0.3, -0.25) is 0 Å². The maximum atomic E-state index is 3.89. The highest BCUT2D eigenvalue weighted by Crippen LogP contribution is 2.39. The molecule has 0 saturated heterocycles. The molecule has 1 aromatic rings. The minimum absolute atomic E-state index is 0.448. The van der Waals surface area contributed by atoms with Crippen LogP contribution in [0.5, 0.6) is 0 Å². The van der Waals surface area contributed by atoms with Crippen molar-refractivity contribution < 1.29 is 0 Å². The van der Waals surface area contributed by atoms with E-state index in [2.05, 4.69) is 65.1 Å². The third-order valence-corrected chi connectivity index (χ3v) is 5.06. The van der Waals surface area contributed by atoms with Gasteiger partial charge in [0.2, 0.25) is 0 Å². The summed E-state index contributed by atoms with van der Waals surface area (Å²) >= 11 is 0. The fourth-order valence-corrected chi connectivity index (χ4v) is 3.83. The largest absolute Gasteiger partial charge is 0.307 e. The van der Waals surface area contributed by atoms with E-state index in [0.29, 0.717) is 17.5 Å². The summed E-state index contributed by atoms with van der Waals surface area (Å²) in [5.41, 5.74) is 4.75. The lowest BCUT2D eigenvalue weighted by Crippen LogP contribution is -2.42. The number of hydrogen-bond donors (Lipinski definition) is 1. The zero-order chi connectivity index (χ0) is 14.9. The highest BCUT2D eigenvalue weighted by Gasteiger charge is 2.32. The van der Waals surface area contributed by atoms with Gasteiger partial charge in [-0.05, 0) is 62.5 Å². The summed E-state index contributed by atoms with van der Waals surface area (Å²) in [6.45, 7) is 14.0. The van der Waals surface area contributed by atoms with E-state index in [9.17, 15) is 0 Å². The normalized spacial score (nSPS) is 27.3. The lowest BCUT2D eigenvalue weighted by Gasteiger charge is -2.41. The molecule has 0 bridgehead atoms. The molecular weight excluding hydrogens is 242 g/mol. The van der Waals surface area contributed by atoms with Crippen LogP contribution < -0.4 is 5.32 Å².